The molecule has 0 spiro atoms. The second-order valence-corrected chi connectivity index (χ2v) is 10.8. The number of rotatable bonds is 5. The molecule has 0 atom stereocenters. The fraction of sp³-hybridized carbons (Fsp3) is 0. The maximum Gasteiger partial charge on any atom is 0.0964 e. The smallest absolute Gasteiger partial charge is 0.0964 e. The molecular formula is C38H28N6. The summed E-state index contributed by atoms with van der Waals surface area (Å²) in [6.45, 7) is 0. The number of nitrogens with zero attached hydrogens (tertiary/aromatic N) is 4. The summed E-state index contributed by atoms with van der Waals surface area (Å²) in [5.41, 5.74) is 25.7. The lowest BCUT2D eigenvalue weighted by atomic mass is 10.1. The van der Waals surface area contributed by atoms with Gasteiger partial charge in [-0.1, -0.05) is 60.7 Å². The van der Waals surface area contributed by atoms with Crippen LogP contribution < -0.4 is 11.5 Å². The number of anilines is 2. The first kappa shape index (κ1) is 25.6. The number of aromatic nitrogens is 4. The Bertz CT molecular complexity index is 2100. The molecule has 0 radical (unpaired) electrons. The lowest BCUT2D eigenvalue weighted by Crippen LogP contribution is -2.05. The van der Waals surface area contributed by atoms with Gasteiger partial charge in [-0.05, 0) is 82.9 Å². The van der Waals surface area contributed by atoms with E-state index in [1.54, 1.807) is 0 Å². The maximum atomic E-state index is 7.07. The molecule has 0 saturated heterocycles. The summed E-state index contributed by atoms with van der Waals surface area (Å²) in [7, 11) is 0. The van der Waals surface area contributed by atoms with Crippen molar-refractivity contribution in [3.63, 3.8) is 0 Å². The van der Waals surface area contributed by atoms with E-state index in [-0.39, 0.29) is 0 Å². The van der Waals surface area contributed by atoms with Gasteiger partial charge in [0.1, 0.15) is 0 Å². The molecule has 4 heterocycles. The summed E-state index contributed by atoms with van der Waals surface area (Å²) in [6, 6.07) is 41.7. The molecule has 6 heteroatoms. The van der Waals surface area contributed by atoms with E-state index in [9.17, 15) is 0 Å². The minimum atomic E-state index is 0.683. The Morgan fingerprint density at radius 2 is 0.727 bits per heavy atom. The van der Waals surface area contributed by atoms with E-state index >= 15 is 0 Å². The minimum absolute atomic E-state index is 0.683. The molecular weight excluding hydrogens is 540 g/mol. The lowest BCUT2D eigenvalue weighted by molar-refractivity contribution is 1.07. The normalized spacial score (nSPS) is 11.4. The zero-order valence-electron chi connectivity index (χ0n) is 23.8. The van der Waals surface area contributed by atoms with Crippen LogP contribution in [0.25, 0.3) is 66.8 Å². The quantitative estimate of drug-likeness (QED) is 0.218. The Labute approximate surface area is 254 Å². The third kappa shape index (κ3) is 4.04. The predicted molar refractivity (Wildman–Crippen MR) is 181 cm³/mol. The monoisotopic (exact) mass is 568 g/mol. The van der Waals surface area contributed by atoms with Gasteiger partial charge in [-0.3, -0.25) is 9.97 Å². The lowest BCUT2D eigenvalue weighted by Gasteiger charge is -2.17. The molecule has 0 aliphatic heterocycles. The van der Waals surface area contributed by atoms with Crippen LogP contribution in [0.15, 0.2) is 146 Å². The molecule has 0 saturated carbocycles. The molecule has 8 rings (SSSR count). The van der Waals surface area contributed by atoms with E-state index in [1.807, 2.05) is 73.3 Å². The Kier molecular flexibility index (Phi) is 5.98. The summed E-state index contributed by atoms with van der Waals surface area (Å²) >= 11 is 0. The average molecular weight is 569 g/mol. The second-order valence-electron chi connectivity index (χ2n) is 10.8. The van der Waals surface area contributed by atoms with Crippen molar-refractivity contribution < 1.29 is 0 Å². The van der Waals surface area contributed by atoms with Gasteiger partial charge < -0.3 is 20.6 Å². The Morgan fingerprint density at radius 3 is 1.11 bits per heavy atom. The standard InChI is InChI=1S/C38H28N6/c39-35-31-5-1-3-7-33(31)43(29-13-9-25(10-14-29)27-17-21-41-22-18-27)37(35)38-36(40)32-6-2-4-8-34(32)44(38)30-15-11-26(12-16-30)28-19-23-42-24-20-28/h1-24H,39-40H2. The first-order chi connectivity index (χ1) is 21.7. The largest absolute Gasteiger partial charge is 0.396 e. The van der Waals surface area contributed by atoms with E-state index in [1.165, 1.54) is 0 Å². The molecule has 4 aromatic carbocycles. The van der Waals surface area contributed by atoms with Crippen LogP contribution in [0.2, 0.25) is 0 Å². The molecule has 0 aliphatic rings. The zero-order chi connectivity index (χ0) is 29.6. The highest BCUT2D eigenvalue weighted by molar-refractivity contribution is 6.09. The van der Waals surface area contributed by atoms with Crippen molar-refractivity contribution in [1.29, 1.82) is 0 Å². The number of nitrogens with two attached hydrogens (primary N) is 2. The summed E-state index contributed by atoms with van der Waals surface area (Å²) in [4.78, 5) is 8.33. The van der Waals surface area contributed by atoms with E-state index in [4.69, 9.17) is 11.5 Å². The second kappa shape index (κ2) is 10.3. The van der Waals surface area contributed by atoms with Gasteiger partial charge in [0.05, 0.1) is 33.8 Å². The van der Waals surface area contributed by atoms with Gasteiger partial charge in [0.2, 0.25) is 0 Å². The summed E-state index contributed by atoms with van der Waals surface area (Å²) in [5, 5.41) is 1.95. The topological polar surface area (TPSA) is 87.7 Å². The molecule has 0 aliphatic carbocycles. The first-order valence-corrected chi connectivity index (χ1v) is 14.5. The Morgan fingerprint density at radius 1 is 0.386 bits per heavy atom. The minimum Gasteiger partial charge on any atom is -0.396 e. The van der Waals surface area contributed by atoms with E-state index in [2.05, 4.69) is 91.9 Å². The molecule has 0 amide bonds. The van der Waals surface area contributed by atoms with Gasteiger partial charge in [-0.2, -0.15) is 0 Å². The maximum absolute atomic E-state index is 7.07. The molecule has 6 nitrogen and oxygen atoms in total. The van der Waals surface area contributed by atoms with Crippen LogP contribution in [0.5, 0.6) is 0 Å². The molecule has 210 valence electrons. The highest BCUT2D eigenvalue weighted by Crippen LogP contribution is 2.45. The molecule has 0 bridgehead atoms. The number of pyridine rings is 2. The molecule has 4 aromatic heterocycles. The van der Waals surface area contributed by atoms with Crippen LogP contribution in [-0.4, -0.2) is 19.1 Å². The van der Waals surface area contributed by atoms with Crippen molar-refractivity contribution in [3.05, 3.63) is 146 Å². The van der Waals surface area contributed by atoms with Gasteiger partial charge in [-0.25, -0.2) is 0 Å². The van der Waals surface area contributed by atoms with Crippen molar-refractivity contribution in [2.24, 2.45) is 0 Å². The van der Waals surface area contributed by atoms with Crippen LogP contribution in [-0.2, 0) is 0 Å². The molecule has 0 unspecified atom stereocenters. The number of hydrogen-bond acceptors (Lipinski definition) is 4. The van der Waals surface area contributed by atoms with Gasteiger partial charge in [0.25, 0.3) is 0 Å². The van der Waals surface area contributed by atoms with Crippen LogP contribution in [0.1, 0.15) is 0 Å². The van der Waals surface area contributed by atoms with Crippen LogP contribution in [0, 0.1) is 0 Å². The number of nitrogen functional groups attached to an aromatic ring is 2. The van der Waals surface area contributed by atoms with Crippen molar-refractivity contribution in [1.82, 2.24) is 19.1 Å². The summed E-state index contributed by atoms with van der Waals surface area (Å²) < 4.78 is 4.46. The van der Waals surface area contributed by atoms with E-state index < -0.39 is 0 Å². The molecule has 8 aromatic rings. The number of fused-ring (bicyclic) bond motifs is 2. The van der Waals surface area contributed by atoms with E-state index in [0.29, 0.717) is 11.4 Å². The van der Waals surface area contributed by atoms with Crippen molar-refractivity contribution >= 4 is 33.2 Å². The summed E-state index contributed by atoms with van der Waals surface area (Å²) in [5.74, 6) is 0. The fourth-order valence-electron chi connectivity index (χ4n) is 6.23. The van der Waals surface area contributed by atoms with Gasteiger partial charge in [0.15, 0.2) is 0 Å². The van der Waals surface area contributed by atoms with Crippen LogP contribution in [0.3, 0.4) is 0 Å². The SMILES string of the molecule is Nc1c(-c2c(N)c3ccccc3n2-c2ccc(-c3ccncc3)cc2)n(-c2ccc(-c3ccncc3)cc2)c2ccccc12. The van der Waals surface area contributed by atoms with Crippen molar-refractivity contribution in [2.45, 2.75) is 0 Å². The number of benzene rings is 4. The Hall–Kier alpha value is -6.14. The third-order valence-corrected chi connectivity index (χ3v) is 8.33. The molecule has 0 fully saturated rings. The molecule has 4 N–H and O–H groups in total. The van der Waals surface area contributed by atoms with Gasteiger partial charge >= 0.3 is 0 Å². The predicted octanol–water partition coefficient (Wildman–Crippen LogP) is 8.53. The first-order valence-electron chi connectivity index (χ1n) is 14.5. The molecule has 44 heavy (non-hydrogen) atoms. The zero-order valence-corrected chi connectivity index (χ0v) is 23.8. The van der Waals surface area contributed by atoms with Gasteiger partial charge in [0, 0.05) is 46.9 Å². The van der Waals surface area contributed by atoms with Crippen molar-refractivity contribution in [3.8, 4) is 45.0 Å². The third-order valence-electron chi connectivity index (χ3n) is 8.33. The Balaban J connectivity index is 1.38. The summed E-state index contributed by atoms with van der Waals surface area (Å²) in [6.07, 6.45) is 7.25. The highest BCUT2D eigenvalue weighted by Gasteiger charge is 2.26. The van der Waals surface area contributed by atoms with Gasteiger partial charge in [-0.15, -0.1) is 0 Å². The van der Waals surface area contributed by atoms with Crippen LogP contribution >= 0.6 is 0 Å². The van der Waals surface area contributed by atoms with Crippen LogP contribution in [0.4, 0.5) is 11.4 Å². The average Bonchev–Trinajstić information content (AvgIpc) is 3.55. The number of para-hydroxylation sites is 2. The fourth-order valence-corrected chi connectivity index (χ4v) is 6.23. The van der Waals surface area contributed by atoms with E-state index in [0.717, 1.165) is 66.8 Å². The highest BCUT2D eigenvalue weighted by atomic mass is 15.1. The van der Waals surface area contributed by atoms with Crippen molar-refractivity contribution in [2.75, 3.05) is 11.5 Å². The number of hydrogen-bond donors (Lipinski definition) is 2.